The summed E-state index contributed by atoms with van der Waals surface area (Å²) in [5.41, 5.74) is 3.18. The number of benzene rings is 2. The summed E-state index contributed by atoms with van der Waals surface area (Å²) >= 11 is 6.31. The first kappa shape index (κ1) is 20.0. The van der Waals surface area contributed by atoms with E-state index < -0.39 is 0 Å². The molecule has 4 heteroatoms. The highest BCUT2D eigenvalue weighted by molar-refractivity contribution is 6.31. The molecule has 3 aromatic rings. The van der Waals surface area contributed by atoms with Crippen LogP contribution in [0.2, 0.25) is 5.02 Å². The van der Waals surface area contributed by atoms with Crippen LogP contribution >= 0.6 is 11.6 Å². The molecule has 0 unspecified atom stereocenters. The van der Waals surface area contributed by atoms with Crippen molar-refractivity contribution in [3.63, 3.8) is 0 Å². The van der Waals surface area contributed by atoms with Crippen LogP contribution in [-0.2, 0) is 17.9 Å². The van der Waals surface area contributed by atoms with Crippen molar-refractivity contribution in [2.45, 2.75) is 26.4 Å². The van der Waals surface area contributed by atoms with E-state index in [-0.39, 0.29) is 5.91 Å². The van der Waals surface area contributed by atoms with Gasteiger partial charge in [-0.1, -0.05) is 67.1 Å². The third kappa shape index (κ3) is 5.37. The van der Waals surface area contributed by atoms with Crippen molar-refractivity contribution < 1.29 is 4.79 Å². The molecule has 0 bridgehead atoms. The molecule has 1 aromatic heterocycles. The molecule has 0 saturated carbocycles. The minimum atomic E-state index is 0.0243. The number of carbonyl (C=O) groups excluding carboxylic acids is 1. The van der Waals surface area contributed by atoms with E-state index in [0.717, 1.165) is 34.8 Å². The Bertz CT molecular complexity index is 931. The van der Waals surface area contributed by atoms with Crippen LogP contribution in [0.4, 0.5) is 0 Å². The molecule has 28 heavy (non-hydrogen) atoms. The summed E-state index contributed by atoms with van der Waals surface area (Å²) in [7, 11) is 0. The SMILES string of the molecule is CCCN(Cc1cccn1Cc1ccccc1Cl)C(=O)/C=C/c1ccccc1. The molecule has 0 aliphatic heterocycles. The fraction of sp³-hybridized carbons (Fsp3) is 0.208. The standard InChI is InChI=1S/C24H25ClN2O/c1-2-16-27(24(28)15-14-20-9-4-3-5-10-20)19-22-12-8-17-26(22)18-21-11-6-7-13-23(21)25/h3-15,17H,2,16,18-19H2,1H3/b15-14+. The van der Waals surface area contributed by atoms with Gasteiger partial charge in [0.25, 0.3) is 0 Å². The second-order valence-electron chi connectivity index (χ2n) is 6.72. The molecule has 0 atom stereocenters. The highest BCUT2D eigenvalue weighted by Gasteiger charge is 2.13. The lowest BCUT2D eigenvalue weighted by Crippen LogP contribution is -2.30. The van der Waals surface area contributed by atoms with E-state index in [2.05, 4.69) is 17.6 Å². The maximum absolute atomic E-state index is 12.8. The molecule has 1 amide bonds. The summed E-state index contributed by atoms with van der Waals surface area (Å²) in [5, 5.41) is 0.759. The Morgan fingerprint density at radius 2 is 1.79 bits per heavy atom. The zero-order valence-electron chi connectivity index (χ0n) is 16.1. The Morgan fingerprint density at radius 3 is 2.54 bits per heavy atom. The lowest BCUT2D eigenvalue weighted by atomic mass is 10.2. The third-order valence-corrected chi connectivity index (χ3v) is 4.97. The first-order valence-electron chi connectivity index (χ1n) is 9.57. The van der Waals surface area contributed by atoms with Crippen LogP contribution in [-0.4, -0.2) is 21.9 Å². The van der Waals surface area contributed by atoms with E-state index in [9.17, 15) is 4.79 Å². The van der Waals surface area contributed by atoms with Gasteiger partial charge in [0.05, 0.1) is 6.54 Å². The number of hydrogen-bond donors (Lipinski definition) is 0. The maximum atomic E-state index is 12.8. The number of aromatic nitrogens is 1. The Kier molecular flexibility index (Phi) is 7.10. The largest absolute Gasteiger partial charge is 0.345 e. The lowest BCUT2D eigenvalue weighted by Gasteiger charge is -2.22. The quantitative estimate of drug-likeness (QED) is 0.455. The van der Waals surface area contributed by atoms with Crippen molar-refractivity contribution in [3.8, 4) is 0 Å². The number of halogens is 1. The van der Waals surface area contributed by atoms with Crippen molar-refractivity contribution >= 4 is 23.6 Å². The van der Waals surface area contributed by atoms with Gasteiger partial charge in [-0.25, -0.2) is 0 Å². The van der Waals surface area contributed by atoms with Crippen LogP contribution in [0.25, 0.3) is 6.08 Å². The minimum Gasteiger partial charge on any atom is -0.345 e. The average molecular weight is 393 g/mol. The van der Waals surface area contributed by atoms with Gasteiger partial charge in [-0.15, -0.1) is 0 Å². The van der Waals surface area contributed by atoms with Gasteiger partial charge >= 0.3 is 0 Å². The average Bonchev–Trinajstić information content (AvgIpc) is 3.15. The first-order chi connectivity index (χ1) is 13.7. The highest BCUT2D eigenvalue weighted by atomic mass is 35.5. The van der Waals surface area contributed by atoms with E-state index in [1.165, 1.54) is 0 Å². The molecule has 2 aromatic carbocycles. The monoisotopic (exact) mass is 392 g/mol. The summed E-state index contributed by atoms with van der Waals surface area (Å²) in [5.74, 6) is 0.0243. The highest BCUT2D eigenvalue weighted by Crippen LogP contribution is 2.18. The van der Waals surface area contributed by atoms with Crippen LogP contribution in [0, 0.1) is 0 Å². The predicted molar refractivity (Wildman–Crippen MR) is 116 cm³/mol. The number of nitrogens with zero attached hydrogens (tertiary/aromatic N) is 2. The summed E-state index contributed by atoms with van der Waals surface area (Å²) in [4.78, 5) is 14.7. The molecular weight excluding hydrogens is 368 g/mol. The van der Waals surface area contributed by atoms with Crippen LogP contribution in [0.1, 0.15) is 30.2 Å². The molecule has 0 saturated heterocycles. The molecule has 0 spiro atoms. The van der Waals surface area contributed by atoms with Crippen LogP contribution < -0.4 is 0 Å². The predicted octanol–water partition coefficient (Wildman–Crippen LogP) is 5.64. The first-order valence-corrected chi connectivity index (χ1v) is 9.94. The summed E-state index contributed by atoms with van der Waals surface area (Å²) in [6.07, 6.45) is 6.48. The number of carbonyl (C=O) groups is 1. The van der Waals surface area contributed by atoms with E-state index in [0.29, 0.717) is 13.1 Å². The molecule has 0 radical (unpaired) electrons. The minimum absolute atomic E-state index is 0.0243. The fourth-order valence-electron chi connectivity index (χ4n) is 3.13. The van der Waals surface area contributed by atoms with E-state index in [1.807, 2.05) is 77.8 Å². The molecule has 1 heterocycles. The second-order valence-corrected chi connectivity index (χ2v) is 7.13. The van der Waals surface area contributed by atoms with Gasteiger partial charge in [-0.3, -0.25) is 4.79 Å². The summed E-state index contributed by atoms with van der Waals surface area (Å²) < 4.78 is 2.15. The molecule has 0 N–H and O–H groups in total. The van der Waals surface area contributed by atoms with Gasteiger partial charge in [0, 0.05) is 36.1 Å². The van der Waals surface area contributed by atoms with E-state index in [4.69, 9.17) is 11.6 Å². The van der Waals surface area contributed by atoms with E-state index in [1.54, 1.807) is 6.08 Å². The Balaban J connectivity index is 1.72. The Labute approximate surface area is 171 Å². The number of rotatable bonds is 8. The van der Waals surface area contributed by atoms with Crippen LogP contribution in [0.15, 0.2) is 79.0 Å². The zero-order chi connectivity index (χ0) is 19.8. The Morgan fingerprint density at radius 1 is 1.04 bits per heavy atom. The van der Waals surface area contributed by atoms with Crippen molar-refractivity contribution in [1.29, 1.82) is 0 Å². The fourth-order valence-corrected chi connectivity index (χ4v) is 3.32. The topological polar surface area (TPSA) is 25.2 Å². The van der Waals surface area contributed by atoms with Gasteiger partial charge in [0.1, 0.15) is 0 Å². The third-order valence-electron chi connectivity index (χ3n) is 4.60. The summed E-state index contributed by atoms with van der Waals surface area (Å²) in [6, 6.07) is 21.8. The molecule has 144 valence electrons. The van der Waals surface area contributed by atoms with E-state index >= 15 is 0 Å². The lowest BCUT2D eigenvalue weighted by molar-refractivity contribution is -0.126. The number of hydrogen-bond acceptors (Lipinski definition) is 1. The number of amides is 1. The van der Waals surface area contributed by atoms with Crippen molar-refractivity contribution in [1.82, 2.24) is 9.47 Å². The Hall–Kier alpha value is -2.78. The van der Waals surface area contributed by atoms with Crippen LogP contribution in [0.5, 0.6) is 0 Å². The molecule has 3 rings (SSSR count). The van der Waals surface area contributed by atoms with Gasteiger partial charge in [-0.05, 0) is 41.8 Å². The second kappa shape index (κ2) is 9.95. The molecule has 0 aliphatic rings. The molecule has 0 fully saturated rings. The van der Waals surface area contributed by atoms with Gasteiger partial charge in [-0.2, -0.15) is 0 Å². The molecule has 0 aliphatic carbocycles. The molecule has 3 nitrogen and oxygen atoms in total. The zero-order valence-corrected chi connectivity index (χ0v) is 16.8. The summed E-state index contributed by atoms with van der Waals surface area (Å²) in [6.45, 7) is 4.07. The normalized spacial score (nSPS) is 11.1. The van der Waals surface area contributed by atoms with Crippen molar-refractivity contribution in [2.75, 3.05) is 6.54 Å². The van der Waals surface area contributed by atoms with Crippen LogP contribution in [0.3, 0.4) is 0 Å². The van der Waals surface area contributed by atoms with Gasteiger partial charge < -0.3 is 9.47 Å². The smallest absolute Gasteiger partial charge is 0.246 e. The molecular formula is C24H25ClN2O. The van der Waals surface area contributed by atoms with Crippen molar-refractivity contribution in [2.24, 2.45) is 0 Å². The maximum Gasteiger partial charge on any atom is 0.246 e. The van der Waals surface area contributed by atoms with Crippen molar-refractivity contribution in [3.05, 3.63) is 101 Å². The van der Waals surface area contributed by atoms with Gasteiger partial charge in [0.2, 0.25) is 5.91 Å². The van der Waals surface area contributed by atoms with Gasteiger partial charge in [0.15, 0.2) is 0 Å².